The second-order valence-electron chi connectivity index (χ2n) is 7.36. The van der Waals surface area contributed by atoms with Gasteiger partial charge in [0, 0.05) is 5.92 Å². The maximum atomic E-state index is 11.7. The molecule has 5 rings (SSSR count). The van der Waals surface area contributed by atoms with Crippen molar-refractivity contribution in [2.45, 2.75) is 31.8 Å². The van der Waals surface area contributed by atoms with Crippen molar-refractivity contribution in [1.29, 1.82) is 0 Å². The number of aliphatic carboxylic acids is 1. The van der Waals surface area contributed by atoms with E-state index in [1.165, 1.54) is 25.7 Å². The van der Waals surface area contributed by atoms with Crippen molar-refractivity contribution in [2.75, 3.05) is 6.61 Å². The van der Waals surface area contributed by atoms with Crippen LogP contribution in [0.5, 0.6) is 0 Å². The van der Waals surface area contributed by atoms with Crippen LogP contribution >= 0.6 is 0 Å². The van der Waals surface area contributed by atoms with E-state index in [9.17, 15) is 9.90 Å². The second kappa shape index (κ2) is 3.12. The zero-order chi connectivity index (χ0) is 12.0. The normalized spacial score (nSPS) is 63.2. The van der Waals surface area contributed by atoms with Crippen molar-refractivity contribution in [2.24, 2.45) is 47.3 Å². The number of rotatable bonds is 2. The Hall–Kier alpha value is -0.570. The number of fused-ring (bicyclic) bond motifs is 9. The first-order valence-electron chi connectivity index (χ1n) is 7.60. The molecule has 4 saturated carbocycles. The number of hydrogen-bond acceptors (Lipinski definition) is 2. The van der Waals surface area contributed by atoms with Crippen LogP contribution in [-0.2, 0) is 9.53 Å². The molecular weight excluding hydrogens is 228 g/mol. The largest absolute Gasteiger partial charge is 0.481 e. The summed E-state index contributed by atoms with van der Waals surface area (Å²) in [7, 11) is 0. The third kappa shape index (κ3) is 1.05. The summed E-state index contributed by atoms with van der Waals surface area (Å²) in [5.41, 5.74) is 0. The number of carboxylic acid groups (broad SMARTS) is 1. The maximum Gasteiger partial charge on any atom is 0.307 e. The van der Waals surface area contributed by atoms with Gasteiger partial charge in [0.2, 0.25) is 0 Å². The minimum Gasteiger partial charge on any atom is -0.481 e. The van der Waals surface area contributed by atoms with Crippen LogP contribution in [0.3, 0.4) is 0 Å². The van der Waals surface area contributed by atoms with Crippen LogP contribution in [0.1, 0.15) is 25.7 Å². The third-order valence-electron chi connectivity index (χ3n) is 7.02. The van der Waals surface area contributed by atoms with Gasteiger partial charge >= 0.3 is 5.97 Å². The quantitative estimate of drug-likeness (QED) is 0.601. The van der Waals surface area contributed by atoms with Crippen molar-refractivity contribution in [3.05, 3.63) is 0 Å². The lowest BCUT2D eigenvalue weighted by molar-refractivity contribution is -0.148. The van der Waals surface area contributed by atoms with Crippen LogP contribution in [0, 0.1) is 47.3 Å². The zero-order valence-corrected chi connectivity index (χ0v) is 10.5. The van der Waals surface area contributed by atoms with E-state index in [-0.39, 0.29) is 5.92 Å². The van der Waals surface area contributed by atoms with Gasteiger partial charge in [0.15, 0.2) is 0 Å². The molecule has 0 aromatic carbocycles. The van der Waals surface area contributed by atoms with Gasteiger partial charge in [-0.25, -0.2) is 0 Å². The average Bonchev–Trinajstić information content (AvgIpc) is 2.81. The van der Waals surface area contributed by atoms with Gasteiger partial charge < -0.3 is 9.84 Å². The number of ether oxygens (including phenoxy) is 1. The molecule has 0 radical (unpaired) electrons. The van der Waals surface area contributed by atoms with Gasteiger partial charge in [0.1, 0.15) is 0 Å². The monoisotopic (exact) mass is 248 g/mol. The van der Waals surface area contributed by atoms with Crippen LogP contribution in [0.25, 0.3) is 0 Å². The molecular formula is C15H20O3. The SMILES string of the molecule is O=C(O)C1C2CC(C1C1CO1)C1C3CCC(C3)C21. The Kier molecular flexibility index (Phi) is 1.77. The highest BCUT2D eigenvalue weighted by Gasteiger charge is 2.69. The predicted octanol–water partition coefficient (Wildman–Crippen LogP) is 2.01. The van der Waals surface area contributed by atoms with E-state index >= 15 is 0 Å². The Morgan fingerprint density at radius 1 is 1.00 bits per heavy atom. The van der Waals surface area contributed by atoms with Gasteiger partial charge in [0.25, 0.3) is 0 Å². The van der Waals surface area contributed by atoms with Crippen LogP contribution in [0.2, 0.25) is 0 Å². The lowest BCUT2D eigenvalue weighted by Gasteiger charge is -2.41. The molecule has 1 heterocycles. The number of epoxide rings is 1. The molecule has 5 aliphatic rings. The second-order valence-corrected chi connectivity index (χ2v) is 7.36. The summed E-state index contributed by atoms with van der Waals surface area (Å²) in [4.78, 5) is 11.7. The summed E-state index contributed by atoms with van der Waals surface area (Å²) in [5, 5.41) is 9.62. The summed E-state index contributed by atoms with van der Waals surface area (Å²) in [6.45, 7) is 0.823. The smallest absolute Gasteiger partial charge is 0.307 e. The van der Waals surface area contributed by atoms with E-state index in [0.717, 1.165) is 30.3 Å². The highest BCUT2D eigenvalue weighted by atomic mass is 16.6. The molecule has 5 fully saturated rings. The van der Waals surface area contributed by atoms with Gasteiger partial charge in [-0.15, -0.1) is 0 Å². The summed E-state index contributed by atoms with van der Waals surface area (Å²) in [5.74, 6) is 4.36. The van der Waals surface area contributed by atoms with Gasteiger partial charge in [-0.3, -0.25) is 4.79 Å². The van der Waals surface area contributed by atoms with Crippen LogP contribution < -0.4 is 0 Å². The molecule has 98 valence electrons. The molecule has 3 heteroatoms. The van der Waals surface area contributed by atoms with Gasteiger partial charge in [-0.2, -0.15) is 0 Å². The molecule has 4 aliphatic carbocycles. The molecule has 1 saturated heterocycles. The third-order valence-corrected chi connectivity index (χ3v) is 7.02. The number of carboxylic acids is 1. The van der Waals surface area contributed by atoms with E-state index in [1.54, 1.807) is 0 Å². The Balaban J connectivity index is 1.55. The molecule has 0 aromatic rings. The molecule has 9 unspecified atom stereocenters. The van der Waals surface area contributed by atoms with Gasteiger partial charge in [-0.1, -0.05) is 0 Å². The van der Waals surface area contributed by atoms with Crippen molar-refractivity contribution < 1.29 is 14.6 Å². The summed E-state index contributed by atoms with van der Waals surface area (Å²) in [6, 6.07) is 0. The predicted molar refractivity (Wildman–Crippen MR) is 63.8 cm³/mol. The van der Waals surface area contributed by atoms with Gasteiger partial charge in [0.05, 0.1) is 18.6 Å². The Bertz CT molecular complexity index is 416. The molecule has 4 bridgehead atoms. The fourth-order valence-corrected chi connectivity index (χ4v) is 6.76. The molecule has 0 aromatic heterocycles. The zero-order valence-electron chi connectivity index (χ0n) is 10.5. The Morgan fingerprint density at radius 3 is 2.28 bits per heavy atom. The minimum atomic E-state index is -0.538. The van der Waals surface area contributed by atoms with E-state index < -0.39 is 5.97 Å². The first-order valence-corrected chi connectivity index (χ1v) is 7.60. The topological polar surface area (TPSA) is 49.8 Å². The molecule has 1 aliphatic heterocycles. The molecule has 3 nitrogen and oxygen atoms in total. The average molecular weight is 248 g/mol. The van der Waals surface area contributed by atoms with Crippen molar-refractivity contribution >= 4 is 5.97 Å². The van der Waals surface area contributed by atoms with Crippen molar-refractivity contribution in [1.82, 2.24) is 0 Å². The lowest BCUT2D eigenvalue weighted by Crippen LogP contribution is -2.43. The Morgan fingerprint density at radius 2 is 1.67 bits per heavy atom. The highest BCUT2D eigenvalue weighted by molar-refractivity contribution is 5.72. The maximum absolute atomic E-state index is 11.7. The van der Waals surface area contributed by atoms with Gasteiger partial charge in [-0.05, 0) is 61.2 Å². The van der Waals surface area contributed by atoms with E-state index in [1.807, 2.05) is 0 Å². The van der Waals surface area contributed by atoms with E-state index in [0.29, 0.717) is 23.9 Å². The minimum absolute atomic E-state index is 0.0805. The summed E-state index contributed by atoms with van der Waals surface area (Å²) >= 11 is 0. The van der Waals surface area contributed by atoms with Crippen molar-refractivity contribution in [3.63, 3.8) is 0 Å². The summed E-state index contributed by atoms with van der Waals surface area (Å²) in [6.07, 6.45) is 5.70. The molecule has 9 atom stereocenters. The lowest BCUT2D eigenvalue weighted by atomic mass is 9.62. The van der Waals surface area contributed by atoms with Crippen LogP contribution in [-0.4, -0.2) is 23.8 Å². The molecule has 18 heavy (non-hydrogen) atoms. The first-order chi connectivity index (χ1) is 8.75. The van der Waals surface area contributed by atoms with Crippen LogP contribution in [0.4, 0.5) is 0 Å². The number of hydrogen-bond donors (Lipinski definition) is 1. The fraction of sp³-hybridized carbons (Fsp3) is 0.933. The fourth-order valence-electron chi connectivity index (χ4n) is 6.76. The standard InChI is InChI=1S/C15H20O3/c16-15(17)14-9-4-8(13(14)10-5-18-10)11-6-1-2-7(3-6)12(9)11/h6-14H,1-5H2,(H,16,17). The molecule has 1 N–H and O–H groups in total. The highest BCUT2D eigenvalue weighted by Crippen LogP contribution is 2.71. The van der Waals surface area contributed by atoms with E-state index in [2.05, 4.69) is 0 Å². The van der Waals surface area contributed by atoms with E-state index in [4.69, 9.17) is 4.74 Å². The van der Waals surface area contributed by atoms with Crippen molar-refractivity contribution in [3.8, 4) is 0 Å². The number of carbonyl (C=O) groups is 1. The molecule has 0 spiro atoms. The summed E-state index contributed by atoms with van der Waals surface area (Å²) < 4.78 is 5.49. The van der Waals surface area contributed by atoms with Crippen LogP contribution in [0.15, 0.2) is 0 Å². The molecule has 0 amide bonds. The first kappa shape index (κ1) is 10.2. The Labute approximate surface area is 107 Å².